The van der Waals surface area contributed by atoms with Crippen LogP contribution >= 0.6 is 0 Å². The Morgan fingerprint density at radius 3 is 2.65 bits per heavy atom. The Kier molecular flexibility index (Phi) is 4.06. The first-order valence-corrected chi connectivity index (χ1v) is 4.95. The van der Waals surface area contributed by atoms with E-state index in [-0.39, 0.29) is 12.2 Å². The molecule has 1 rings (SSSR count). The summed E-state index contributed by atoms with van der Waals surface area (Å²) in [5.41, 5.74) is 11.9. The predicted molar refractivity (Wildman–Crippen MR) is 60.2 cm³/mol. The molecule has 0 aromatic heterocycles. The summed E-state index contributed by atoms with van der Waals surface area (Å²) >= 11 is 0. The van der Waals surface area contributed by atoms with Gasteiger partial charge >= 0.3 is 12.1 Å². The molecule has 0 saturated carbocycles. The average Bonchev–Trinajstić information content (AvgIpc) is 2.21. The van der Waals surface area contributed by atoms with Crippen LogP contribution in [-0.4, -0.2) is 23.2 Å². The van der Waals surface area contributed by atoms with Crippen molar-refractivity contribution in [1.29, 1.82) is 0 Å². The number of phenolic OH excluding ortho intramolecular Hbond substituents is 1. The van der Waals surface area contributed by atoms with Crippen LogP contribution in [0, 0.1) is 6.92 Å². The number of phenols is 1. The zero-order valence-corrected chi connectivity index (χ0v) is 9.34. The minimum atomic E-state index is -1.17. The fraction of sp³-hybridized carbons (Fsp3) is 0.273. The van der Waals surface area contributed by atoms with Crippen molar-refractivity contribution in [3.8, 4) is 5.75 Å². The van der Waals surface area contributed by atoms with Crippen molar-refractivity contribution < 1.29 is 19.4 Å². The van der Waals surface area contributed by atoms with Gasteiger partial charge in [0, 0.05) is 0 Å². The SMILES string of the molecule is Cc1cc(O)ccc1C[C@H](N)C(=O)OC(N)=O. The number of esters is 1. The van der Waals surface area contributed by atoms with Gasteiger partial charge < -0.3 is 21.3 Å². The molecule has 92 valence electrons. The van der Waals surface area contributed by atoms with Gasteiger partial charge in [0.05, 0.1) is 0 Å². The van der Waals surface area contributed by atoms with Gasteiger partial charge in [-0.1, -0.05) is 6.07 Å². The second-order valence-corrected chi connectivity index (χ2v) is 3.66. The van der Waals surface area contributed by atoms with Crippen LogP contribution in [0.5, 0.6) is 5.75 Å². The third-order valence-corrected chi connectivity index (χ3v) is 2.27. The Labute approximate surface area is 98.2 Å². The molecule has 6 nitrogen and oxygen atoms in total. The molecule has 1 aromatic rings. The van der Waals surface area contributed by atoms with Crippen molar-refractivity contribution >= 4 is 12.1 Å². The summed E-state index contributed by atoms with van der Waals surface area (Å²) in [6.07, 6.45) is -0.967. The molecule has 0 spiro atoms. The number of benzene rings is 1. The van der Waals surface area contributed by atoms with E-state index in [1.165, 1.54) is 6.07 Å². The van der Waals surface area contributed by atoms with Gasteiger partial charge in [-0.05, 0) is 36.6 Å². The van der Waals surface area contributed by atoms with Crippen LogP contribution in [0.1, 0.15) is 11.1 Å². The predicted octanol–water partition coefficient (Wildman–Crippen LogP) is 0.192. The van der Waals surface area contributed by atoms with E-state index in [1.807, 2.05) is 0 Å². The molecular formula is C11H14N2O4. The normalized spacial score (nSPS) is 11.9. The van der Waals surface area contributed by atoms with E-state index in [1.54, 1.807) is 19.1 Å². The molecule has 1 amide bonds. The van der Waals surface area contributed by atoms with E-state index in [9.17, 15) is 14.7 Å². The second kappa shape index (κ2) is 5.31. The Morgan fingerprint density at radius 1 is 1.47 bits per heavy atom. The maximum absolute atomic E-state index is 11.2. The lowest BCUT2D eigenvalue weighted by Crippen LogP contribution is -2.37. The molecular weight excluding hydrogens is 224 g/mol. The number of carbonyl (C=O) groups excluding carboxylic acids is 2. The molecule has 1 atom stereocenters. The van der Waals surface area contributed by atoms with Gasteiger partial charge in [0.15, 0.2) is 0 Å². The molecule has 0 saturated heterocycles. The lowest BCUT2D eigenvalue weighted by molar-refractivity contribution is -0.138. The summed E-state index contributed by atoms with van der Waals surface area (Å²) < 4.78 is 4.17. The van der Waals surface area contributed by atoms with E-state index in [2.05, 4.69) is 4.74 Å². The summed E-state index contributed by atoms with van der Waals surface area (Å²) in [6, 6.07) is 3.74. The molecule has 0 aliphatic rings. The molecule has 0 aliphatic heterocycles. The van der Waals surface area contributed by atoms with Gasteiger partial charge in [0.2, 0.25) is 0 Å². The van der Waals surface area contributed by atoms with Gasteiger partial charge in [-0.3, -0.25) is 0 Å². The maximum Gasteiger partial charge on any atom is 0.412 e. The molecule has 5 N–H and O–H groups in total. The van der Waals surface area contributed by atoms with E-state index >= 15 is 0 Å². The van der Waals surface area contributed by atoms with E-state index in [0.29, 0.717) is 0 Å². The topological polar surface area (TPSA) is 116 Å². The van der Waals surface area contributed by atoms with Crippen molar-refractivity contribution in [3.63, 3.8) is 0 Å². The monoisotopic (exact) mass is 238 g/mol. The molecule has 0 aliphatic carbocycles. The number of hydrogen-bond acceptors (Lipinski definition) is 5. The van der Waals surface area contributed by atoms with Crippen molar-refractivity contribution in [3.05, 3.63) is 29.3 Å². The summed E-state index contributed by atoms with van der Waals surface area (Å²) in [6.45, 7) is 1.78. The Balaban J connectivity index is 2.70. The van der Waals surface area contributed by atoms with Crippen LogP contribution in [0.3, 0.4) is 0 Å². The Morgan fingerprint density at radius 2 is 2.12 bits per heavy atom. The third-order valence-electron chi connectivity index (χ3n) is 2.27. The number of hydrogen-bond donors (Lipinski definition) is 3. The first-order chi connectivity index (χ1) is 7.90. The molecule has 0 unspecified atom stereocenters. The summed E-state index contributed by atoms with van der Waals surface area (Å²) in [5.74, 6) is -0.732. The Bertz CT molecular complexity index is 445. The van der Waals surface area contributed by atoms with Crippen LogP contribution in [0.2, 0.25) is 0 Å². The number of primary amides is 1. The highest BCUT2D eigenvalue weighted by molar-refractivity contribution is 5.87. The van der Waals surface area contributed by atoms with E-state index < -0.39 is 18.1 Å². The zero-order chi connectivity index (χ0) is 13.0. The van der Waals surface area contributed by atoms with Gasteiger partial charge in [0.1, 0.15) is 11.8 Å². The van der Waals surface area contributed by atoms with Crippen molar-refractivity contribution in [2.75, 3.05) is 0 Å². The zero-order valence-electron chi connectivity index (χ0n) is 9.34. The molecule has 0 fully saturated rings. The fourth-order valence-corrected chi connectivity index (χ4v) is 1.40. The summed E-state index contributed by atoms with van der Waals surface area (Å²) in [4.78, 5) is 21.6. The number of ether oxygens (including phenoxy) is 1. The quantitative estimate of drug-likeness (QED) is 0.513. The highest BCUT2D eigenvalue weighted by atomic mass is 16.6. The summed E-state index contributed by atoms with van der Waals surface area (Å²) in [5, 5.41) is 9.22. The largest absolute Gasteiger partial charge is 0.508 e. The van der Waals surface area contributed by atoms with E-state index in [0.717, 1.165) is 11.1 Å². The van der Waals surface area contributed by atoms with Crippen molar-refractivity contribution in [2.24, 2.45) is 11.5 Å². The number of rotatable bonds is 3. The van der Waals surface area contributed by atoms with Gasteiger partial charge in [-0.15, -0.1) is 0 Å². The van der Waals surface area contributed by atoms with Crippen molar-refractivity contribution in [1.82, 2.24) is 0 Å². The van der Waals surface area contributed by atoms with Crippen molar-refractivity contribution in [2.45, 2.75) is 19.4 Å². The molecule has 17 heavy (non-hydrogen) atoms. The highest BCUT2D eigenvalue weighted by Crippen LogP contribution is 2.16. The maximum atomic E-state index is 11.2. The van der Waals surface area contributed by atoms with Gasteiger partial charge in [-0.25, -0.2) is 9.59 Å². The smallest absolute Gasteiger partial charge is 0.412 e. The van der Waals surface area contributed by atoms with Crippen LogP contribution in [0.4, 0.5) is 4.79 Å². The highest BCUT2D eigenvalue weighted by Gasteiger charge is 2.18. The van der Waals surface area contributed by atoms with Gasteiger partial charge in [-0.2, -0.15) is 0 Å². The minimum absolute atomic E-state index is 0.138. The number of nitrogens with two attached hydrogens (primary N) is 2. The Hall–Kier alpha value is -2.08. The molecule has 0 radical (unpaired) electrons. The number of aryl methyl sites for hydroxylation is 1. The third kappa shape index (κ3) is 3.76. The lowest BCUT2D eigenvalue weighted by Gasteiger charge is -2.11. The summed E-state index contributed by atoms with van der Waals surface area (Å²) in [7, 11) is 0. The molecule has 0 bridgehead atoms. The van der Waals surface area contributed by atoms with Crippen LogP contribution in [0.25, 0.3) is 0 Å². The number of carbonyl (C=O) groups is 2. The van der Waals surface area contributed by atoms with E-state index in [4.69, 9.17) is 11.5 Å². The van der Waals surface area contributed by atoms with Crippen LogP contribution in [0.15, 0.2) is 18.2 Å². The van der Waals surface area contributed by atoms with Gasteiger partial charge in [0.25, 0.3) is 0 Å². The lowest BCUT2D eigenvalue weighted by atomic mass is 10.0. The average molecular weight is 238 g/mol. The van der Waals surface area contributed by atoms with Crippen LogP contribution < -0.4 is 11.5 Å². The number of amides is 1. The standard InChI is InChI=1S/C11H14N2O4/c1-6-4-8(14)3-2-7(6)5-9(12)10(15)17-11(13)16/h2-4,9,14H,5,12H2,1H3,(H2,13,16)/t9-/m0/s1. The minimum Gasteiger partial charge on any atom is -0.508 e. The van der Waals surface area contributed by atoms with Crippen LogP contribution in [-0.2, 0) is 16.0 Å². The number of aromatic hydroxyl groups is 1. The first-order valence-electron chi connectivity index (χ1n) is 4.95. The molecule has 0 heterocycles. The fourth-order valence-electron chi connectivity index (χ4n) is 1.40. The first kappa shape index (κ1) is 13.0. The molecule has 1 aromatic carbocycles. The second-order valence-electron chi connectivity index (χ2n) is 3.66. The molecule has 6 heteroatoms.